The van der Waals surface area contributed by atoms with Crippen LogP contribution in [0.3, 0.4) is 0 Å². The van der Waals surface area contributed by atoms with Crippen molar-refractivity contribution >= 4 is 16.9 Å². The van der Waals surface area contributed by atoms with Gasteiger partial charge in [-0.05, 0) is 25.0 Å². The third-order valence-electron chi connectivity index (χ3n) is 3.06. The van der Waals surface area contributed by atoms with Crippen LogP contribution in [0.15, 0.2) is 36.5 Å². The van der Waals surface area contributed by atoms with Gasteiger partial charge in [-0.25, -0.2) is 0 Å². The standard InChI is InChI=1S/C15H17NO3/c1-11(15(17)18)5-4-10-19-13-8-2-6-12-7-3-9-16-14(12)13/h2-3,6-9,11H,4-5,10H2,1H3,(H,17,18). The molecule has 0 bridgehead atoms. The molecule has 100 valence electrons. The zero-order valence-electron chi connectivity index (χ0n) is 10.9. The lowest BCUT2D eigenvalue weighted by Crippen LogP contribution is -2.10. The summed E-state index contributed by atoms with van der Waals surface area (Å²) < 4.78 is 5.69. The van der Waals surface area contributed by atoms with E-state index in [-0.39, 0.29) is 5.92 Å². The zero-order valence-corrected chi connectivity index (χ0v) is 10.9. The van der Waals surface area contributed by atoms with Gasteiger partial charge in [0.2, 0.25) is 0 Å². The van der Waals surface area contributed by atoms with E-state index in [4.69, 9.17) is 9.84 Å². The van der Waals surface area contributed by atoms with Crippen molar-refractivity contribution in [2.75, 3.05) is 6.61 Å². The Morgan fingerprint density at radius 2 is 2.16 bits per heavy atom. The maximum Gasteiger partial charge on any atom is 0.306 e. The SMILES string of the molecule is CC(CCCOc1cccc2cccnc12)C(=O)O. The normalized spacial score (nSPS) is 12.3. The average molecular weight is 259 g/mol. The Morgan fingerprint density at radius 3 is 2.95 bits per heavy atom. The number of para-hydroxylation sites is 1. The van der Waals surface area contributed by atoms with Gasteiger partial charge in [0.25, 0.3) is 0 Å². The maximum absolute atomic E-state index is 10.7. The number of aromatic nitrogens is 1. The number of nitrogens with zero attached hydrogens (tertiary/aromatic N) is 1. The lowest BCUT2D eigenvalue weighted by molar-refractivity contribution is -0.141. The van der Waals surface area contributed by atoms with Crippen molar-refractivity contribution in [3.05, 3.63) is 36.5 Å². The fourth-order valence-corrected chi connectivity index (χ4v) is 1.89. The van der Waals surface area contributed by atoms with E-state index >= 15 is 0 Å². The van der Waals surface area contributed by atoms with Crippen molar-refractivity contribution in [1.29, 1.82) is 0 Å². The van der Waals surface area contributed by atoms with E-state index < -0.39 is 5.97 Å². The molecule has 1 atom stereocenters. The number of benzene rings is 1. The molecule has 0 fully saturated rings. The van der Waals surface area contributed by atoms with Crippen LogP contribution in [0.25, 0.3) is 10.9 Å². The fraction of sp³-hybridized carbons (Fsp3) is 0.333. The Labute approximate surface area is 112 Å². The average Bonchev–Trinajstić information content (AvgIpc) is 2.43. The minimum atomic E-state index is -0.758. The van der Waals surface area contributed by atoms with Gasteiger partial charge in [-0.15, -0.1) is 0 Å². The van der Waals surface area contributed by atoms with Gasteiger partial charge in [0.15, 0.2) is 0 Å². The van der Waals surface area contributed by atoms with Crippen molar-refractivity contribution in [2.45, 2.75) is 19.8 Å². The highest BCUT2D eigenvalue weighted by Gasteiger charge is 2.10. The summed E-state index contributed by atoms with van der Waals surface area (Å²) in [5.74, 6) is -0.331. The highest BCUT2D eigenvalue weighted by molar-refractivity contribution is 5.84. The molecule has 4 heteroatoms. The van der Waals surface area contributed by atoms with Gasteiger partial charge in [0.05, 0.1) is 12.5 Å². The first-order chi connectivity index (χ1) is 9.18. The summed E-state index contributed by atoms with van der Waals surface area (Å²) >= 11 is 0. The molecule has 0 aliphatic carbocycles. The monoisotopic (exact) mass is 259 g/mol. The van der Waals surface area contributed by atoms with Crippen molar-refractivity contribution in [1.82, 2.24) is 4.98 Å². The Kier molecular flexibility index (Phi) is 4.34. The second-order valence-electron chi connectivity index (χ2n) is 4.56. The number of carboxylic acids is 1. The summed E-state index contributed by atoms with van der Waals surface area (Å²) in [6.07, 6.45) is 3.08. The zero-order chi connectivity index (χ0) is 13.7. The molecule has 4 nitrogen and oxygen atoms in total. The second kappa shape index (κ2) is 6.18. The lowest BCUT2D eigenvalue weighted by atomic mass is 10.1. The number of aliphatic carboxylic acids is 1. The molecule has 2 rings (SSSR count). The van der Waals surface area contributed by atoms with Crippen LogP contribution in [0, 0.1) is 5.92 Å². The van der Waals surface area contributed by atoms with Gasteiger partial charge >= 0.3 is 5.97 Å². The number of hydrogen-bond acceptors (Lipinski definition) is 3. The van der Waals surface area contributed by atoms with Crippen LogP contribution in [0.4, 0.5) is 0 Å². The molecule has 0 saturated heterocycles. The van der Waals surface area contributed by atoms with Crippen LogP contribution < -0.4 is 4.74 Å². The van der Waals surface area contributed by atoms with Crippen LogP contribution >= 0.6 is 0 Å². The molecular weight excluding hydrogens is 242 g/mol. The summed E-state index contributed by atoms with van der Waals surface area (Å²) in [7, 11) is 0. The van der Waals surface area contributed by atoms with Gasteiger partial charge < -0.3 is 9.84 Å². The van der Waals surface area contributed by atoms with E-state index in [1.807, 2.05) is 30.3 Å². The number of rotatable bonds is 6. The van der Waals surface area contributed by atoms with Crippen LogP contribution in [0.5, 0.6) is 5.75 Å². The maximum atomic E-state index is 10.7. The number of hydrogen-bond donors (Lipinski definition) is 1. The molecular formula is C15H17NO3. The molecule has 19 heavy (non-hydrogen) atoms. The summed E-state index contributed by atoms with van der Waals surface area (Å²) in [5.41, 5.74) is 0.844. The molecule has 0 radical (unpaired) electrons. The molecule has 0 saturated carbocycles. The van der Waals surface area contributed by atoms with E-state index in [0.29, 0.717) is 13.0 Å². The van der Waals surface area contributed by atoms with Crippen LogP contribution in [0.2, 0.25) is 0 Å². The molecule has 0 aliphatic rings. The highest BCUT2D eigenvalue weighted by atomic mass is 16.5. The molecule has 0 aliphatic heterocycles. The van der Waals surface area contributed by atoms with E-state index in [2.05, 4.69) is 4.98 Å². The molecule has 1 aromatic carbocycles. The molecule has 1 N–H and O–H groups in total. The molecule has 1 aromatic heterocycles. The van der Waals surface area contributed by atoms with Crippen molar-refractivity contribution in [3.63, 3.8) is 0 Å². The number of pyridine rings is 1. The van der Waals surface area contributed by atoms with E-state index in [1.165, 1.54) is 0 Å². The third-order valence-corrected chi connectivity index (χ3v) is 3.06. The summed E-state index contributed by atoms with van der Waals surface area (Å²) in [5, 5.41) is 9.83. The molecule has 0 amide bonds. The first-order valence-electron chi connectivity index (χ1n) is 6.38. The topological polar surface area (TPSA) is 59.4 Å². The summed E-state index contributed by atoms with van der Waals surface area (Å²) in [6, 6.07) is 9.68. The number of ether oxygens (including phenoxy) is 1. The van der Waals surface area contributed by atoms with E-state index in [0.717, 1.165) is 23.1 Å². The fourth-order valence-electron chi connectivity index (χ4n) is 1.89. The molecule has 1 unspecified atom stereocenters. The predicted octanol–water partition coefficient (Wildman–Crippen LogP) is 3.11. The number of carboxylic acid groups (broad SMARTS) is 1. The largest absolute Gasteiger partial charge is 0.491 e. The quantitative estimate of drug-likeness (QED) is 0.810. The van der Waals surface area contributed by atoms with Crippen molar-refractivity contribution in [2.24, 2.45) is 5.92 Å². The molecule has 1 heterocycles. The van der Waals surface area contributed by atoms with Crippen LogP contribution in [0.1, 0.15) is 19.8 Å². The smallest absolute Gasteiger partial charge is 0.306 e. The Balaban J connectivity index is 1.93. The highest BCUT2D eigenvalue weighted by Crippen LogP contribution is 2.23. The summed E-state index contributed by atoms with van der Waals surface area (Å²) in [4.78, 5) is 15.0. The van der Waals surface area contributed by atoms with E-state index in [1.54, 1.807) is 13.1 Å². The van der Waals surface area contributed by atoms with Gasteiger partial charge in [-0.2, -0.15) is 0 Å². The Morgan fingerprint density at radius 1 is 1.37 bits per heavy atom. The van der Waals surface area contributed by atoms with E-state index in [9.17, 15) is 4.79 Å². The third kappa shape index (κ3) is 3.44. The lowest BCUT2D eigenvalue weighted by Gasteiger charge is -2.09. The first kappa shape index (κ1) is 13.3. The van der Waals surface area contributed by atoms with Crippen LogP contribution in [-0.4, -0.2) is 22.7 Å². The Hall–Kier alpha value is -2.10. The molecule has 2 aromatic rings. The number of fused-ring (bicyclic) bond motifs is 1. The Bertz CT molecular complexity index is 563. The van der Waals surface area contributed by atoms with Gasteiger partial charge in [-0.1, -0.05) is 25.1 Å². The predicted molar refractivity (Wildman–Crippen MR) is 73.3 cm³/mol. The van der Waals surface area contributed by atoms with Gasteiger partial charge in [-0.3, -0.25) is 9.78 Å². The van der Waals surface area contributed by atoms with Gasteiger partial charge in [0.1, 0.15) is 11.3 Å². The summed E-state index contributed by atoms with van der Waals surface area (Å²) in [6.45, 7) is 2.22. The second-order valence-corrected chi connectivity index (χ2v) is 4.56. The van der Waals surface area contributed by atoms with Gasteiger partial charge in [0, 0.05) is 11.6 Å². The van der Waals surface area contributed by atoms with Crippen LogP contribution in [-0.2, 0) is 4.79 Å². The van der Waals surface area contributed by atoms with Crippen molar-refractivity contribution < 1.29 is 14.6 Å². The first-order valence-corrected chi connectivity index (χ1v) is 6.38. The van der Waals surface area contributed by atoms with Crippen molar-refractivity contribution in [3.8, 4) is 5.75 Å². The minimum absolute atomic E-state index is 0.325. The number of carbonyl (C=O) groups is 1. The minimum Gasteiger partial charge on any atom is -0.491 e. The molecule has 0 spiro atoms.